The van der Waals surface area contributed by atoms with E-state index in [2.05, 4.69) is 15.9 Å². The van der Waals surface area contributed by atoms with Gasteiger partial charge in [-0.2, -0.15) is 0 Å². The maximum absolute atomic E-state index is 14.1. The van der Waals surface area contributed by atoms with Crippen LogP contribution < -0.4 is 10.5 Å². The second-order valence-corrected chi connectivity index (χ2v) is 5.39. The van der Waals surface area contributed by atoms with Crippen LogP contribution in [0.25, 0.3) is 0 Å². The topological polar surface area (TPSA) is 59.1 Å². The van der Waals surface area contributed by atoms with Crippen molar-refractivity contribution in [2.75, 3.05) is 0 Å². The number of amidine groups is 1. The Morgan fingerprint density at radius 3 is 2.55 bits per heavy atom. The number of halogens is 4. The largest absolute Gasteiger partial charge is 0.453 e. The fourth-order valence-corrected chi connectivity index (χ4v) is 2.37. The fraction of sp³-hybridized carbons (Fsp3) is 0. The molecule has 0 aliphatic heterocycles. The maximum Gasteiger partial charge on any atom is 0.180 e. The summed E-state index contributed by atoms with van der Waals surface area (Å²) in [5, 5.41) is 7.83. The van der Waals surface area contributed by atoms with Crippen LogP contribution in [0.2, 0.25) is 10.0 Å². The van der Waals surface area contributed by atoms with E-state index in [1.54, 1.807) is 18.2 Å². The number of rotatable bonds is 3. The molecule has 104 valence electrons. The Morgan fingerprint density at radius 2 is 1.90 bits per heavy atom. The lowest BCUT2D eigenvalue weighted by Crippen LogP contribution is -2.12. The third-order valence-corrected chi connectivity index (χ3v) is 4.05. The Kier molecular flexibility index (Phi) is 4.52. The average molecular weight is 378 g/mol. The second-order valence-electron chi connectivity index (χ2n) is 3.81. The second kappa shape index (κ2) is 5.99. The summed E-state index contributed by atoms with van der Waals surface area (Å²) in [6.07, 6.45) is 0. The van der Waals surface area contributed by atoms with Crippen molar-refractivity contribution in [2.45, 2.75) is 0 Å². The van der Waals surface area contributed by atoms with Gasteiger partial charge in [-0.1, -0.05) is 29.3 Å². The summed E-state index contributed by atoms with van der Waals surface area (Å²) in [5.74, 6) is -0.733. The van der Waals surface area contributed by atoms with Crippen LogP contribution in [0.1, 0.15) is 5.56 Å². The predicted octanol–water partition coefficient (Wildman–Crippen LogP) is 4.97. The van der Waals surface area contributed by atoms with Gasteiger partial charge in [0.25, 0.3) is 0 Å². The third-order valence-electron chi connectivity index (χ3n) is 2.47. The van der Waals surface area contributed by atoms with Crippen molar-refractivity contribution < 1.29 is 9.13 Å². The molecule has 3 N–H and O–H groups in total. The lowest BCUT2D eigenvalue weighted by molar-refractivity contribution is 0.440. The SMILES string of the molecule is N=C(N)c1ccc(Oc2cccc(Cl)c2Cl)c(F)c1Br. The molecule has 2 rings (SSSR count). The lowest BCUT2D eigenvalue weighted by Gasteiger charge is -2.11. The molecule has 0 fully saturated rings. The third kappa shape index (κ3) is 2.90. The molecule has 0 saturated carbocycles. The van der Waals surface area contributed by atoms with Gasteiger partial charge in [0, 0.05) is 5.56 Å². The van der Waals surface area contributed by atoms with Crippen molar-refractivity contribution >= 4 is 45.0 Å². The Morgan fingerprint density at radius 1 is 1.20 bits per heavy atom. The first-order valence-electron chi connectivity index (χ1n) is 5.36. The molecule has 7 heteroatoms. The van der Waals surface area contributed by atoms with E-state index in [1.807, 2.05) is 0 Å². The zero-order valence-electron chi connectivity index (χ0n) is 9.88. The molecule has 0 aliphatic rings. The summed E-state index contributed by atoms with van der Waals surface area (Å²) in [7, 11) is 0. The lowest BCUT2D eigenvalue weighted by atomic mass is 10.2. The van der Waals surface area contributed by atoms with Crippen molar-refractivity contribution in [1.82, 2.24) is 0 Å². The fourth-order valence-electron chi connectivity index (χ4n) is 1.50. The van der Waals surface area contributed by atoms with Crippen LogP contribution >= 0.6 is 39.1 Å². The van der Waals surface area contributed by atoms with Crippen molar-refractivity contribution in [2.24, 2.45) is 5.73 Å². The van der Waals surface area contributed by atoms with Crippen LogP contribution in [0, 0.1) is 11.2 Å². The number of nitrogens with two attached hydrogens (primary N) is 1. The minimum atomic E-state index is -0.672. The predicted molar refractivity (Wildman–Crippen MR) is 81.7 cm³/mol. The normalized spacial score (nSPS) is 10.4. The minimum Gasteiger partial charge on any atom is -0.453 e. The summed E-state index contributed by atoms with van der Waals surface area (Å²) >= 11 is 14.9. The molecule has 0 aliphatic carbocycles. The highest BCUT2D eigenvalue weighted by Gasteiger charge is 2.16. The highest BCUT2D eigenvalue weighted by molar-refractivity contribution is 9.10. The van der Waals surface area contributed by atoms with Gasteiger partial charge in [-0.05, 0) is 40.2 Å². The summed E-state index contributed by atoms with van der Waals surface area (Å²) in [4.78, 5) is 0. The van der Waals surface area contributed by atoms with E-state index >= 15 is 0 Å². The first kappa shape index (κ1) is 15.1. The van der Waals surface area contributed by atoms with E-state index in [4.69, 9.17) is 39.1 Å². The van der Waals surface area contributed by atoms with Gasteiger partial charge in [-0.25, -0.2) is 4.39 Å². The molecule has 3 nitrogen and oxygen atoms in total. The molecule has 0 saturated heterocycles. The number of hydrogen-bond acceptors (Lipinski definition) is 2. The molecule has 0 atom stereocenters. The molecule has 0 unspecified atom stereocenters. The Bertz CT molecular complexity index is 694. The smallest absolute Gasteiger partial charge is 0.180 e. The molecule has 0 radical (unpaired) electrons. The Hall–Kier alpha value is -1.30. The Balaban J connectivity index is 2.42. The molecule has 0 heterocycles. The molecule has 2 aromatic carbocycles. The van der Waals surface area contributed by atoms with Gasteiger partial charge >= 0.3 is 0 Å². The van der Waals surface area contributed by atoms with Gasteiger partial charge < -0.3 is 10.5 Å². The van der Waals surface area contributed by atoms with E-state index in [-0.39, 0.29) is 32.4 Å². The van der Waals surface area contributed by atoms with Crippen LogP contribution in [-0.4, -0.2) is 5.84 Å². The molecule has 0 amide bonds. The molecule has 0 bridgehead atoms. The molecule has 20 heavy (non-hydrogen) atoms. The van der Waals surface area contributed by atoms with Crippen LogP contribution in [0.15, 0.2) is 34.8 Å². The van der Waals surface area contributed by atoms with Crippen LogP contribution in [0.4, 0.5) is 4.39 Å². The van der Waals surface area contributed by atoms with Crippen molar-refractivity contribution in [3.63, 3.8) is 0 Å². The monoisotopic (exact) mass is 376 g/mol. The van der Waals surface area contributed by atoms with Gasteiger partial charge in [0.05, 0.1) is 9.50 Å². The van der Waals surface area contributed by atoms with Crippen LogP contribution in [0.3, 0.4) is 0 Å². The summed E-state index contributed by atoms with van der Waals surface area (Å²) in [6, 6.07) is 7.65. The van der Waals surface area contributed by atoms with E-state index in [0.29, 0.717) is 5.02 Å². The van der Waals surface area contributed by atoms with Crippen molar-refractivity contribution in [1.29, 1.82) is 5.41 Å². The number of hydrogen-bond donors (Lipinski definition) is 2. The first-order chi connectivity index (χ1) is 9.41. The molecule has 2 aromatic rings. The molecule has 0 aromatic heterocycles. The van der Waals surface area contributed by atoms with Gasteiger partial charge in [0.1, 0.15) is 16.6 Å². The van der Waals surface area contributed by atoms with Crippen molar-refractivity contribution in [3.8, 4) is 11.5 Å². The van der Waals surface area contributed by atoms with E-state index < -0.39 is 5.82 Å². The standard InChI is InChI=1S/C13H8BrCl2FN2O/c14-10-6(13(18)19)4-5-9(12(10)17)20-8-3-1-2-7(15)11(8)16/h1-5H,(H3,18,19). The van der Waals surface area contributed by atoms with E-state index in [0.717, 1.165) is 0 Å². The highest BCUT2D eigenvalue weighted by atomic mass is 79.9. The van der Waals surface area contributed by atoms with Gasteiger partial charge in [0.15, 0.2) is 11.6 Å². The summed E-state index contributed by atoms with van der Waals surface area (Å²) in [5.41, 5.74) is 5.58. The van der Waals surface area contributed by atoms with Crippen LogP contribution in [-0.2, 0) is 0 Å². The number of nitrogens with one attached hydrogen (secondary N) is 1. The average Bonchev–Trinajstić information content (AvgIpc) is 2.40. The summed E-state index contributed by atoms with van der Waals surface area (Å²) < 4.78 is 19.6. The molecular weight excluding hydrogens is 370 g/mol. The van der Waals surface area contributed by atoms with E-state index in [1.165, 1.54) is 12.1 Å². The van der Waals surface area contributed by atoms with Gasteiger partial charge in [0.2, 0.25) is 0 Å². The summed E-state index contributed by atoms with van der Waals surface area (Å²) in [6.45, 7) is 0. The number of benzene rings is 2. The number of nitrogen functional groups attached to an aromatic ring is 1. The molecule has 0 spiro atoms. The van der Waals surface area contributed by atoms with Gasteiger partial charge in [-0.3, -0.25) is 5.41 Å². The van der Waals surface area contributed by atoms with Crippen LogP contribution in [0.5, 0.6) is 11.5 Å². The van der Waals surface area contributed by atoms with E-state index in [9.17, 15) is 4.39 Å². The minimum absolute atomic E-state index is 0.0500. The quantitative estimate of drug-likeness (QED) is 0.585. The van der Waals surface area contributed by atoms with Crippen molar-refractivity contribution in [3.05, 3.63) is 56.2 Å². The zero-order valence-corrected chi connectivity index (χ0v) is 13.0. The van der Waals surface area contributed by atoms with Gasteiger partial charge in [-0.15, -0.1) is 0 Å². The number of ether oxygens (including phenoxy) is 1. The highest BCUT2D eigenvalue weighted by Crippen LogP contribution is 2.37. The maximum atomic E-state index is 14.1. The molecular formula is C13H8BrCl2FN2O. The zero-order chi connectivity index (χ0) is 14.9. The Labute approximate surface area is 133 Å². The first-order valence-corrected chi connectivity index (χ1v) is 6.91.